The molecule has 3 aromatic rings. The topological polar surface area (TPSA) is 48.0 Å². The van der Waals surface area contributed by atoms with E-state index in [0.29, 0.717) is 5.75 Å². The van der Waals surface area contributed by atoms with Gasteiger partial charge in [0.05, 0.1) is 0 Å². The van der Waals surface area contributed by atoms with Gasteiger partial charge in [-0.25, -0.2) is 0 Å². The number of aromatic hydroxyl groups is 1. The molecule has 0 atom stereocenters. The second-order valence-electron chi connectivity index (χ2n) is 5.28. The Morgan fingerprint density at radius 3 is 2.62 bits per heavy atom. The smallest absolute Gasteiger partial charge is 0.116 e. The Labute approximate surface area is 124 Å². The first-order chi connectivity index (χ1) is 10.3. The minimum absolute atomic E-state index is 0.320. The van der Waals surface area contributed by atoms with Crippen molar-refractivity contribution in [1.82, 2.24) is 10.3 Å². The zero-order valence-electron chi connectivity index (χ0n) is 12.0. The third-order valence-electron chi connectivity index (χ3n) is 3.76. The van der Waals surface area contributed by atoms with Gasteiger partial charge in [-0.15, -0.1) is 0 Å². The molecule has 0 fully saturated rings. The van der Waals surface area contributed by atoms with Crippen molar-refractivity contribution in [2.45, 2.75) is 12.8 Å². The number of phenols is 1. The van der Waals surface area contributed by atoms with Crippen molar-refractivity contribution >= 4 is 10.9 Å². The molecular weight excluding hydrogens is 260 g/mol. The van der Waals surface area contributed by atoms with E-state index in [4.69, 9.17) is 0 Å². The van der Waals surface area contributed by atoms with Gasteiger partial charge in [0.15, 0.2) is 0 Å². The number of rotatable bonds is 6. The van der Waals surface area contributed by atoms with Crippen LogP contribution in [-0.2, 0) is 12.8 Å². The lowest BCUT2D eigenvalue weighted by Gasteiger charge is -2.05. The van der Waals surface area contributed by atoms with Crippen molar-refractivity contribution in [2.24, 2.45) is 0 Å². The van der Waals surface area contributed by atoms with Crippen molar-refractivity contribution in [3.05, 3.63) is 65.9 Å². The molecule has 108 valence electrons. The summed E-state index contributed by atoms with van der Waals surface area (Å²) in [5.41, 5.74) is 3.68. The van der Waals surface area contributed by atoms with Gasteiger partial charge in [-0.1, -0.05) is 30.3 Å². The summed E-state index contributed by atoms with van der Waals surface area (Å²) in [4.78, 5) is 3.24. The molecule has 0 saturated carbocycles. The molecule has 3 heteroatoms. The summed E-state index contributed by atoms with van der Waals surface area (Å²) in [5, 5.41) is 14.2. The summed E-state index contributed by atoms with van der Waals surface area (Å²) in [6.07, 6.45) is 4.04. The molecule has 3 rings (SSSR count). The van der Waals surface area contributed by atoms with Gasteiger partial charge in [0.1, 0.15) is 5.75 Å². The number of H-pyrrole nitrogens is 1. The Morgan fingerprint density at radius 2 is 1.76 bits per heavy atom. The van der Waals surface area contributed by atoms with Crippen LogP contribution in [0.5, 0.6) is 5.75 Å². The maximum atomic E-state index is 9.58. The van der Waals surface area contributed by atoms with Crippen LogP contribution in [0, 0.1) is 0 Å². The predicted molar refractivity (Wildman–Crippen MR) is 86.7 cm³/mol. The molecule has 0 unspecified atom stereocenters. The van der Waals surface area contributed by atoms with Crippen LogP contribution in [0.25, 0.3) is 10.9 Å². The van der Waals surface area contributed by atoms with Crippen LogP contribution in [0.1, 0.15) is 11.1 Å². The average molecular weight is 280 g/mol. The number of hydrogen-bond acceptors (Lipinski definition) is 2. The highest BCUT2D eigenvalue weighted by molar-refractivity contribution is 5.84. The third kappa shape index (κ3) is 3.44. The van der Waals surface area contributed by atoms with Crippen LogP contribution in [-0.4, -0.2) is 23.2 Å². The Kier molecular flexibility index (Phi) is 4.22. The molecule has 3 nitrogen and oxygen atoms in total. The van der Waals surface area contributed by atoms with E-state index in [2.05, 4.69) is 34.6 Å². The van der Waals surface area contributed by atoms with Crippen molar-refractivity contribution in [3.8, 4) is 5.75 Å². The Bertz CT molecular complexity index is 704. The number of fused-ring (bicyclic) bond motifs is 1. The van der Waals surface area contributed by atoms with Crippen molar-refractivity contribution in [1.29, 1.82) is 0 Å². The van der Waals surface area contributed by atoms with Crippen LogP contribution >= 0.6 is 0 Å². The highest BCUT2D eigenvalue weighted by Crippen LogP contribution is 2.22. The lowest BCUT2D eigenvalue weighted by atomic mass is 10.1. The highest BCUT2D eigenvalue weighted by atomic mass is 16.3. The first-order valence-electron chi connectivity index (χ1n) is 7.36. The molecule has 0 spiro atoms. The van der Waals surface area contributed by atoms with Crippen molar-refractivity contribution in [2.75, 3.05) is 13.1 Å². The molecule has 0 saturated heterocycles. The normalized spacial score (nSPS) is 11.0. The highest BCUT2D eigenvalue weighted by Gasteiger charge is 2.04. The summed E-state index contributed by atoms with van der Waals surface area (Å²) in [6, 6.07) is 16.0. The fraction of sp³-hybridized carbons (Fsp3) is 0.222. The van der Waals surface area contributed by atoms with Crippen LogP contribution in [0.2, 0.25) is 0 Å². The van der Waals surface area contributed by atoms with E-state index in [0.717, 1.165) is 36.8 Å². The van der Waals surface area contributed by atoms with E-state index < -0.39 is 0 Å². The number of aromatic amines is 1. The van der Waals surface area contributed by atoms with Gasteiger partial charge in [0, 0.05) is 17.1 Å². The largest absolute Gasteiger partial charge is 0.508 e. The SMILES string of the molecule is Oc1ccc2[nH]cc(CCNCCc3ccccc3)c2c1. The lowest BCUT2D eigenvalue weighted by molar-refractivity contribution is 0.476. The fourth-order valence-corrected chi connectivity index (χ4v) is 2.60. The van der Waals surface area contributed by atoms with Gasteiger partial charge in [0.25, 0.3) is 0 Å². The molecule has 0 amide bonds. The summed E-state index contributed by atoms with van der Waals surface area (Å²) >= 11 is 0. The molecule has 3 N–H and O–H groups in total. The first kappa shape index (κ1) is 13.7. The number of benzene rings is 2. The molecule has 0 aliphatic carbocycles. The zero-order chi connectivity index (χ0) is 14.5. The molecule has 2 aromatic carbocycles. The maximum Gasteiger partial charge on any atom is 0.116 e. The van der Waals surface area contributed by atoms with Gasteiger partial charge >= 0.3 is 0 Å². The van der Waals surface area contributed by atoms with Crippen LogP contribution in [0.4, 0.5) is 0 Å². The summed E-state index contributed by atoms with van der Waals surface area (Å²) in [7, 11) is 0. The van der Waals surface area contributed by atoms with Crippen molar-refractivity contribution < 1.29 is 5.11 Å². The molecule has 0 aliphatic rings. The number of phenolic OH excluding ortho intramolecular Hbond substituents is 1. The standard InChI is InChI=1S/C18H20N2O/c21-16-6-7-18-17(12-16)15(13-20-18)9-11-19-10-8-14-4-2-1-3-5-14/h1-7,12-13,19-21H,8-11H2. The van der Waals surface area contributed by atoms with Gasteiger partial charge in [0.2, 0.25) is 0 Å². The van der Waals surface area contributed by atoms with E-state index >= 15 is 0 Å². The van der Waals surface area contributed by atoms with E-state index in [-0.39, 0.29) is 0 Å². The molecule has 0 radical (unpaired) electrons. The minimum atomic E-state index is 0.320. The summed E-state index contributed by atoms with van der Waals surface area (Å²) in [6.45, 7) is 1.92. The van der Waals surface area contributed by atoms with E-state index in [9.17, 15) is 5.11 Å². The second kappa shape index (κ2) is 6.46. The molecule has 21 heavy (non-hydrogen) atoms. The molecular formula is C18H20N2O. The Balaban J connectivity index is 1.49. The first-order valence-corrected chi connectivity index (χ1v) is 7.36. The number of nitrogens with one attached hydrogen (secondary N) is 2. The quantitative estimate of drug-likeness (QED) is 0.607. The monoisotopic (exact) mass is 280 g/mol. The van der Waals surface area contributed by atoms with E-state index in [1.54, 1.807) is 6.07 Å². The molecule has 1 aromatic heterocycles. The van der Waals surface area contributed by atoms with Gasteiger partial charge in [-0.2, -0.15) is 0 Å². The Hall–Kier alpha value is -2.26. The van der Waals surface area contributed by atoms with Gasteiger partial charge in [-0.3, -0.25) is 0 Å². The summed E-state index contributed by atoms with van der Waals surface area (Å²) < 4.78 is 0. The van der Waals surface area contributed by atoms with Gasteiger partial charge < -0.3 is 15.4 Å². The number of aromatic nitrogens is 1. The van der Waals surface area contributed by atoms with Crippen molar-refractivity contribution in [3.63, 3.8) is 0 Å². The van der Waals surface area contributed by atoms with Crippen LogP contribution in [0.3, 0.4) is 0 Å². The molecule has 1 heterocycles. The van der Waals surface area contributed by atoms with Gasteiger partial charge in [-0.05, 0) is 55.3 Å². The zero-order valence-corrected chi connectivity index (χ0v) is 12.0. The third-order valence-corrected chi connectivity index (χ3v) is 3.76. The fourth-order valence-electron chi connectivity index (χ4n) is 2.60. The second-order valence-corrected chi connectivity index (χ2v) is 5.28. The number of hydrogen-bond donors (Lipinski definition) is 3. The average Bonchev–Trinajstić information content (AvgIpc) is 2.90. The van der Waals surface area contributed by atoms with E-state index in [1.165, 1.54) is 11.1 Å². The van der Waals surface area contributed by atoms with E-state index in [1.807, 2.05) is 24.4 Å². The lowest BCUT2D eigenvalue weighted by Crippen LogP contribution is -2.20. The summed E-state index contributed by atoms with van der Waals surface area (Å²) in [5.74, 6) is 0.320. The minimum Gasteiger partial charge on any atom is -0.508 e. The molecule has 0 aliphatic heterocycles. The predicted octanol–water partition coefficient (Wildman–Crippen LogP) is 3.25. The van der Waals surface area contributed by atoms with Crippen LogP contribution in [0.15, 0.2) is 54.7 Å². The maximum absolute atomic E-state index is 9.58. The molecule has 0 bridgehead atoms. The van der Waals surface area contributed by atoms with Crippen LogP contribution < -0.4 is 5.32 Å². The Morgan fingerprint density at radius 1 is 0.952 bits per heavy atom.